The molecule has 0 aromatic carbocycles. The van der Waals surface area contributed by atoms with Crippen LogP contribution in [-0.2, 0) is 9.53 Å². The molecule has 0 radical (unpaired) electrons. The predicted molar refractivity (Wildman–Crippen MR) is 82.7 cm³/mol. The maximum atomic E-state index is 11.8. The van der Waals surface area contributed by atoms with Gasteiger partial charge < -0.3 is 15.0 Å². The zero-order chi connectivity index (χ0) is 15.1. The Morgan fingerprint density at radius 3 is 2.55 bits per heavy atom. The van der Waals surface area contributed by atoms with Crippen molar-refractivity contribution in [2.45, 2.75) is 71.0 Å². The predicted octanol–water partition coefficient (Wildman–Crippen LogP) is 2.43. The fourth-order valence-electron chi connectivity index (χ4n) is 3.26. The van der Waals surface area contributed by atoms with Gasteiger partial charge in [-0.25, -0.2) is 0 Å². The molecular weight excluding hydrogens is 252 g/mol. The van der Waals surface area contributed by atoms with E-state index >= 15 is 0 Å². The zero-order valence-electron chi connectivity index (χ0n) is 13.8. The number of carbonyl (C=O) groups excluding carboxylic acids is 1. The monoisotopic (exact) mass is 284 g/mol. The van der Waals surface area contributed by atoms with Gasteiger partial charge in [0.1, 0.15) is 6.04 Å². The highest BCUT2D eigenvalue weighted by Gasteiger charge is 2.26. The molecule has 0 aliphatic heterocycles. The Morgan fingerprint density at radius 2 is 2.00 bits per heavy atom. The van der Waals surface area contributed by atoms with Crippen LogP contribution in [0, 0.1) is 5.92 Å². The van der Waals surface area contributed by atoms with E-state index in [1.807, 2.05) is 0 Å². The van der Waals surface area contributed by atoms with Crippen molar-refractivity contribution in [2.24, 2.45) is 5.92 Å². The summed E-state index contributed by atoms with van der Waals surface area (Å²) in [6.45, 7) is 7.41. The van der Waals surface area contributed by atoms with Gasteiger partial charge in [0.25, 0.3) is 0 Å². The van der Waals surface area contributed by atoms with Crippen molar-refractivity contribution in [3.63, 3.8) is 0 Å². The van der Waals surface area contributed by atoms with E-state index in [1.54, 1.807) is 0 Å². The van der Waals surface area contributed by atoms with Gasteiger partial charge in [0.2, 0.25) is 0 Å². The summed E-state index contributed by atoms with van der Waals surface area (Å²) in [6.07, 6.45) is 6.14. The molecule has 0 aromatic rings. The minimum atomic E-state index is -0.193. The van der Waals surface area contributed by atoms with E-state index in [1.165, 1.54) is 32.8 Å². The lowest BCUT2D eigenvalue weighted by Crippen LogP contribution is -2.46. The Labute approximate surface area is 124 Å². The Balaban J connectivity index is 2.46. The van der Waals surface area contributed by atoms with Crippen LogP contribution in [0.25, 0.3) is 0 Å². The van der Waals surface area contributed by atoms with E-state index in [0.29, 0.717) is 6.04 Å². The van der Waals surface area contributed by atoms with Crippen molar-refractivity contribution >= 4 is 5.97 Å². The first-order valence-corrected chi connectivity index (χ1v) is 7.99. The lowest BCUT2D eigenvalue weighted by atomic mass is 9.85. The fraction of sp³-hybridized carbons (Fsp3) is 0.938. The van der Waals surface area contributed by atoms with Crippen LogP contribution >= 0.6 is 0 Å². The van der Waals surface area contributed by atoms with Gasteiger partial charge in [0.05, 0.1) is 7.11 Å². The third-order valence-corrected chi connectivity index (χ3v) is 4.42. The van der Waals surface area contributed by atoms with Gasteiger partial charge in [-0.1, -0.05) is 33.6 Å². The van der Waals surface area contributed by atoms with Gasteiger partial charge in [0.15, 0.2) is 0 Å². The van der Waals surface area contributed by atoms with Gasteiger partial charge in [-0.05, 0) is 32.2 Å². The number of methoxy groups -OCH3 is 1. The topological polar surface area (TPSA) is 41.6 Å². The largest absolute Gasteiger partial charge is 0.468 e. The third-order valence-electron chi connectivity index (χ3n) is 4.42. The molecule has 4 heteroatoms. The normalized spacial score (nSPS) is 24.9. The Bertz CT molecular complexity index is 294. The number of nitrogens with zero attached hydrogens (tertiary/aromatic N) is 1. The summed E-state index contributed by atoms with van der Waals surface area (Å²) in [4.78, 5) is 14.2. The molecule has 1 saturated carbocycles. The smallest absolute Gasteiger partial charge is 0.322 e. The molecular formula is C16H32N2O2. The van der Waals surface area contributed by atoms with E-state index in [-0.39, 0.29) is 18.1 Å². The van der Waals surface area contributed by atoms with E-state index < -0.39 is 0 Å². The molecule has 3 atom stereocenters. The van der Waals surface area contributed by atoms with Gasteiger partial charge in [-0.3, -0.25) is 4.79 Å². The first-order chi connectivity index (χ1) is 9.45. The van der Waals surface area contributed by atoms with Gasteiger partial charge in [-0.2, -0.15) is 0 Å². The first kappa shape index (κ1) is 17.4. The maximum absolute atomic E-state index is 11.8. The van der Waals surface area contributed by atoms with Gasteiger partial charge in [-0.15, -0.1) is 0 Å². The highest BCUT2D eigenvalue weighted by Crippen LogP contribution is 2.27. The van der Waals surface area contributed by atoms with E-state index in [2.05, 4.69) is 38.0 Å². The second kappa shape index (κ2) is 8.63. The molecule has 0 aromatic heterocycles. The summed E-state index contributed by atoms with van der Waals surface area (Å²) in [7, 11) is 3.65. The number of ether oxygens (including phenoxy) is 1. The number of esters is 1. The number of carbonyl (C=O) groups is 1. The molecule has 1 fully saturated rings. The van der Waals surface area contributed by atoms with Crippen molar-refractivity contribution in [3.05, 3.63) is 0 Å². The first-order valence-electron chi connectivity index (χ1n) is 7.99. The van der Waals surface area contributed by atoms with Crippen molar-refractivity contribution in [2.75, 3.05) is 20.7 Å². The Kier molecular flexibility index (Phi) is 7.52. The quantitative estimate of drug-likeness (QED) is 0.729. The molecule has 0 spiro atoms. The van der Waals surface area contributed by atoms with Crippen LogP contribution in [0.2, 0.25) is 0 Å². The summed E-state index contributed by atoms with van der Waals surface area (Å²) in [5, 5.41) is 3.30. The number of hydrogen-bond acceptors (Lipinski definition) is 4. The molecule has 1 rings (SSSR count). The van der Waals surface area contributed by atoms with Crippen LogP contribution < -0.4 is 5.32 Å². The summed E-state index contributed by atoms with van der Waals surface area (Å²) >= 11 is 0. The van der Waals surface area contributed by atoms with Crippen molar-refractivity contribution in [1.82, 2.24) is 10.2 Å². The van der Waals surface area contributed by atoms with E-state index in [9.17, 15) is 4.79 Å². The van der Waals surface area contributed by atoms with Crippen LogP contribution in [0.5, 0.6) is 0 Å². The minimum Gasteiger partial charge on any atom is -0.468 e. The number of nitrogens with one attached hydrogen (secondary N) is 1. The van der Waals surface area contributed by atoms with Crippen LogP contribution in [-0.4, -0.2) is 49.7 Å². The SMILES string of the molecule is COC(=O)C(CCN(C)C1CCCCC1C)NC(C)C. The Morgan fingerprint density at radius 1 is 1.35 bits per heavy atom. The lowest BCUT2D eigenvalue weighted by molar-refractivity contribution is -0.143. The van der Waals surface area contributed by atoms with Crippen molar-refractivity contribution in [1.29, 1.82) is 0 Å². The molecule has 0 saturated heterocycles. The van der Waals surface area contributed by atoms with E-state index in [0.717, 1.165) is 18.9 Å². The Hall–Kier alpha value is -0.610. The average molecular weight is 284 g/mol. The van der Waals surface area contributed by atoms with Crippen LogP contribution in [0.3, 0.4) is 0 Å². The highest BCUT2D eigenvalue weighted by atomic mass is 16.5. The number of hydrogen-bond donors (Lipinski definition) is 1. The summed E-state index contributed by atoms with van der Waals surface area (Å²) in [5.74, 6) is 0.618. The van der Waals surface area contributed by atoms with Crippen LogP contribution in [0.4, 0.5) is 0 Å². The van der Waals surface area contributed by atoms with Crippen LogP contribution in [0.15, 0.2) is 0 Å². The molecule has 0 bridgehead atoms. The fourth-order valence-corrected chi connectivity index (χ4v) is 3.26. The summed E-state index contributed by atoms with van der Waals surface area (Å²) in [5.41, 5.74) is 0. The molecule has 0 heterocycles. The zero-order valence-corrected chi connectivity index (χ0v) is 13.8. The third kappa shape index (κ3) is 5.41. The van der Waals surface area contributed by atoms with Crippen molar-refractivity contribution in [3.8, 4) is 0 Å². The maximum Gasteiger partial charge on any atom is 0.322 e. The van der Waals surface area contributed by atoms with Crippen molar-refractivity contribution < 1.29 is 9.53 Å². The van der Waals surface area contributed by atoms with Gasteiger partial charge >= 0.3 is 5.97 Å². The standard InChI is InChI=1S/C16H32N2O2/c1-12(2)17-14(16(19)20-5)10-11-18(4)15-9-7-6-8-13(15)3/h12-15,17H,6-11H2,1-5H3. The molecule has 118 valence electrons. The molecule has 3 unspecified atom stereocenters. The number of rotatable bonds is 7. The second-order valence-corrected chi connectivity index (χ2v) is 6.50. The average Bonchev–Trinajstić information content (AvgIpc) is 2.42. The summed E-state index contributed by atoms with van der Waals surface area (Å²) < 4.78 is 4.89. The molecule has 0 amide bonds. The lowest BCUT2D eigenvalue weighted by Gasteiger charge is -2.36. The molecule has 4 nitrogen and oxygen atoms in total. The molecule has 1 N–H and O–H groups in total. The van der Waals surface area contributed by atoms with E-state index in [4.69, 9.17) is 4.74 Å². The second-order valence-electron chi connectivity index (χ2n) is 6.50. The van der Waals surface area contributed by atoms with Gasteiger partial charge in [0, 0.05) is 18.6 Å². The molecule has 1 aliphatic rings. The van der Waals surface area contributed by atoms with Crippen LogP contribution in [0.1, 0.15) is 52.9 Å². The minimum absolute atomic E-state index is 0.149. The highest BCUT2D eigenvalue weighted by molar-refractivity contribution is 5.75. The summed E-state index contributed by atoms with van der Waals surface area (Å²) in [6, 6.07) is 0.764. The molecule has 1 aliphatic carbocycles. The molecule has 20 heavy (non-hydrogen) atoms.